The van der Waals surface area contributed by atoms with E-state index in [2.05, 4.69) is 20.7 Å². The van der Waals surface area contributed by atoms with Gasteiger partial charge in [-0.25, -0.2) is 0 Å². The second-order valence-corrected chi connectivity index (χ2v) is 5.45. The lowest BCUT2D eigenvalue weighted by molar-refractivity contribution is 0.101. The number of carbonyl (C=O) groups excluding carboxylic acids is 2. The van der Waals surface area contributed by atoms with E-state index in [0.717, 1.165) is 0 Å². The molecule has 0 bridgehead atoms. The van der Waals surface area contributed by atoms with Crippen LogP contribution in [0.2, 0.25) is 0 Å². The molecule has 0 saturated carbocycles. The average molecular weight is 351 g/mol. The van der Waals surface area contributed by atoms with Crippen molar-refractivity contribution >= 4 is 23.2 Å². The number of carbonyl (C=O) groups is 2. The first-order valence-corrected chi connectivity index (χ1v) is 7.77. The van der Waals surface area contributed by atoms with Gasteiger partial charge in [-0.1, -0.05) is 0 Å². The number of pyridine rings is 1. The Morgan fingerprint density at radius 1 is 0.962 bits per heavy atom. The molecule has 0 aliphatic rings. The lowest BCUT2D eigenvalue weighted by atomic mass is 10.2. The number of hydrogen-bond donors (Lipinski definition) is 2. The molecule has 0 unspecified atom stereocenters. The lowest BCUT2D eigenvalue weighted by Gasteiger charge is -2.07. The van der Waals surface area contributed by atoms with Gasteiger partial charge in [0.15, 0.2) is 0 Å². The molecule has 26 heavy (non-hydrogen) atoms. The molecule has 0 spiro atoms. The molecule has 8 heteroatoms. The van der Waals surface area contributed by atoms with E-state index in [1.807, 2.05) is 0 Å². The third kappa shape index (κ3) is 3.86. The first-order valence-electron chi connectivity index (χ1n) is 7.77. The SMILES string of the molecule is COc1nn(C)cc1C(=O)Nc1ccc(C(=O)Nc2ccncc2)cc1. The van der Waals surface area contributed by atoms with Crippen LogP contribution in [0.5, 0.6) is 5.88 Å². The number of ether oxygens (including phenoxy) is 1. The molecule has 0 aliphatic carbocycles. The number of anilines is 2. The van der Waals surface area contributed by atoms with Gasteiger partial charge in [0.2, 0.25) is 5.88 Å². The molecule has 132 valence electrons. The zero-order chi connectivity index (χ0) is 18.5. The zero-order valence-electron chi connectivity index (χ0n) is 14.3. The summed E-state index contributed by atoms with van der Waals surface area (Å²) in [5.41, 5.74) is 2.01. The number of methoxy groups -OCH3 is 1. The smallest absolute Gasteiger partial charge is 0.262 e. The third-order valence-electron chi connectivity index (χ3n) is 3.58. The summed E-state index contributed by atoms with van der Waals surface area (Å²) < 4.78 is 6.58. The number of hydrogen-bond acceptors (Lipinski definition) is 5. The number of aromatic nitrogens is 3. The van der Waals surface area contributed by atoms with E-state index in [9.17, 15) is 9.59 Å². The largest absolute Gasteiger partial charge is 0.479 e. The highest BCUT2D eigenvalue weighted by Gasteiger charge is 2.16. The van der Waals surface area contributed by atoms with Crippen molar-refractivity contribution in [3.05, 3.63) is 66.1 Å². The Kier molecular flexibility index (Phi) is 4.93. The minimum absolute atomic E-state index is 0.247. The lowest BCUT2D eigenvalue weighted by Crippen LogP contribution is -2.14. The molecule has 0 aliphatic heterocycles. The van der Waals surface area contributed by atoms with Gasteiger partial charge in [0.1, 0.15) is 5.56 Å². The van der Waals surface area contributed by atoms with Crippen LogP contribution >= 0.6 is 0 Å². The zero-order valence-corrected chi connectivity index (χ0v) is 14.3. The fourth-order valence-electron chi connectivity index (χ4n) is 2.32. The molecular weight excluding hydrogens is 334 g/mol. The van der Waals surface area contributed by atoms with Gasteiger partial charge in [0.25, 0.3) is 11.8 Å². The maximum absolute atomic E-state index is 12.3. The van der Waals surface area contributed by atoms with Crippen molar-refractivity contribution in [3.63, 3.8) is 0 Å². The molecule has 2 aromatic heterocycles. The monoisotopic (exact) mass is 351 g/mol. The minimum Gasteiger partial charge on any atom is -0.479 e. The summed E-state index contributed by atoms with van der Waals surface area (Å²) in [5, 5.41) is 9.56. The fraction of sp³-hybridized carbons (Fsp3) is 0.111. The van der Waals surface area contributed by atoms with E-state index in [1.54, 1.807) is 62.0 Å². The highest BCUT2D eigenvalue weighted by Crippen LogP contribution is 2.18. The molecule has 0 radical (unpaired) electrons. The van der Waals surface area contributed by atoms with E-state index >= 15 is 0 Å². The van der Waals surface area contributed by atoms with Crippen molar-refractivity contribution in [1.29, 1.82) is 0 Å². The maximum Gasteiger partial charge on any atom is 0.262 e. The quantitative estimate of drug-likeness (QED) is 0.735. The van der Waals surface area contributed by atoms with E-state index in [-0.39, 0.29) is 17.7 Å². The first kappa shape index (κ1) is 17.2. The van der Waals surface area contributed by atoms with Crippen LogP contribution in [0.15, 0.2) is 55.0 Å². The standard InChI is InChI=1S/C18H17N5O3/c1-23-11-15(18(22-23)26-2)17(25)21-13-5-3-12(4-6-13)16(24)20-14-7-9-19-10-8-14/h3-11H,1-2H3,(H,21,25)(H,19,20,24). The summed E-state index contributed by atoms with van der Waals surface area (Å²) in [4.78, 5) is 28.4. The summed E-state index contributed by atoms with van der Waals surface area (Å²) in [5.74, 6) is -0.342. The van der Waals surface area contributed by atoms with E-state index in [4.69, 9.17) is 4.74 Å². The van der Waals surface area contributed by atoms with Crippen LogP contribution in [-0.4, -0.2) is 33.7 Å². The molecule has 2 amide bonds. The molecule has 1 aromatic carbocycles. The van der Waals surface area contributed by atoms with E-state index in [1.165, 1.54) is 11.8 Å². The summed E-state index contributed by atoms with van der Waals surface area (Å²) in [6, 6.07) is 9.98. The summed E-state index contributed by atoms with van der Waals surface area (Å²) in [7, 11) is 3.16. The molecule has 0 fully saturated rings. The Morgan fingerprint density at radius 2 is 1.58 bits per heavy atom. The van der Waals surface area contributed by atoms with Crippen molar-refractivity contribution in [1.82, 2.24) is 14.8 Å². The van der Waals surface area contributed by atoms with E-state index < -0.39 is 0 Å². The van der Waals surface area contributed by atoms with Crippen molar-refractivity contribution in [3.8, 4) is 5.88 Å². The highest BCUT2D eigenvalue weighted by atomic mass is 16.5. The Morgan fingerprint density at radius 3 is 2.23 bits per heavy atom. The molecule has 2 N–H and O–H groups in total. The number of rotatable bonds is 5. The van der Waals surface area contributed by atoms with E-state index in [0.29, 0.717) is 22.5 Å². The van der Waals surface area contributed by atoms with Gasteiger partial charge in [0, 0.05) is 42.6 Å². The Hall–Kier alpha value is -3.68. The van der Waals surface area contributed by atoms with Crippen LogP contribution in [0.4, 0.5) is 11.4 Å². The Labute approximate surface area is 149 Å². The summed E-state index contributed by atoms with van der Waals surface area (Å²) >= 11 is 0. The Bertz CT molecular complexity index is 920. The summed E-state index contributed by atoms with van der Waals surface area (Å²) in [6.45, 7) is 0. The van der Waals surface area contributed by atoms with Gasteiger partial charge in [-0.05, 0) is 36.4 Å². The normalized spacial score (nSPS) is 10.2. The number of nitrogens with one attached hydrogen (secondary N) is 2. The number of benzene rings is 1. The number of aryl methyl sites for hydroxylation is 1. The van der Waals surface area contributed by atoms with Crippen LogP contribution in [0.3, 0.4) is 0 Å². The van der Waals surface area contributed by atoms with Gasteiger partial charge < -0.3 is 15.4 Å². The van der Waals surface area contributed by atoms with Crippen LogP contribution < -0.4 is 15.4 Å². The molecule has 3 rings (SSSR count). The van der Waals surface area contributed by atoms with Gasteiger partial charge in [-0.2, -0.15) is 0 Å². The van der Waals surface area contributed by atoms with Crippen LogP contribution in [0, 0.1) is 0 Å². The maximum atomic E-state index is 12.3. The predicted octanol–water partition coefficient (Wildman–Crippen LogP) is 2.33. The van der Waals surface area contributed by atoms with Crippen molar-refractivity contribution < 1.29 is 14.3 Å². The molecule has 2 heterocycles. The number of amides is 2. The van der Waals surface area contributed by atoms with Gasteiger partial charge in [-0.3, -0.25) is 19.3 Å². The summed E-state index contributed by atoms with van der Waals surface area (Å²) in [6.07, 6.45) is 4.77. The van der Waals surface area contributed by atoms with Crippen molar-refractivity contribution in [2.45, 2.75) is 0 Å². The van der Waals surface area contributed by atoms with Crippen LogP contribution in [-0.2, 0) is 7.05 Å². The molecule has 8 nitrogen and oxygen atoms in total. The molecule has 3 aromatic rings. The molecule has 0 saturated heterocycles. The van der Waals surface area contributed by atoms with Crippen molar-refractivity contribution in [2.24, 2.45) is 7.05 Å². The van der Waals surface area contributed by atoms with Gasteiger partial charge in [0.05, 0.1) is 7.11 Å². The molecule has 0 atom stereocenters. The molecular formula is C18H17N5O3. The second kappa shape index (κ2) is 7.47. The second-order valence-electron chi connectivity index (χ2n) is 5.45. The minimum atomic E-state index is -0.344. The van der Waals surface area contributed by atoms with Crippen molar-refractivity contribution in [2.75, 3.05) is 17.7 Å². The first-order chi connectivity index (χ1) is 12.6. The number of nitrogens with zero attached hydrogens (tertiary/aromatic N) is 3. The Balaban J connectivity index is 1.67. The topological polar surface area (TPSA) is 98.1 Å². The van der Waals surface area contributed by atoms with Crippen LogP contribution in [0.1, 0.15) is 20.7 Å². The van der Waals surface area contributed by atoms with Gasteiger partial charge >= 0.3 is 0 Å². The van der Waals surface area contributed by atoms with Crippen LogP contribution in [0.25, 0.3) is 0 Å². The van der Waals surface area contributed by atoms with Gasteiger partial charge in [-0.15, -0.1) is 5.10 Å². The highest BCUT2D eigenvalue weighted by molar-refractivity contribution is 6.07. The predicted molar refractivity (Wildman–Crippen MR) is 96.3 cm³/mol. The average Bonchev–Trinajstić information content (AvgIpc) is 3.04. The third-order valence-corrected chi connectivity index (χ3v) is 3.58. The fourth-order valence-corrected chi connectivity index (χ4v) is 2.32.